The van der Waals surface area contributed by atoms with Crippen LogP contribution in [0.2, 0.25) is 0 Å². The zero-order chi connectivity index (χ0) is 15.9. The van der Waals surface area contributed by atoms with Gasteiger partial charge in [-0.25, -0.2) is 0 Å². The molecule has 22 heavy (non-hydrogen) atoms. The van der Waals surface area contributed by atoms with Gasteiger partial charge in [0.25, 0.3) is 0 Å². The average Bonchev–Trinajstić information content (AvgIpc) is 2.47. The first-order valence-corrected chi connectivity index (χ1v) is 7.36. The van der Waals surface area contributed by atoms with Crippen LogP contribution in [0, 0.1) is 11.3 Å². The highest BCUT2D eigenvalue weighted by Crippen LogP contribution is 2.12. The summed E-state index contributed by atoms with van der Waals surface area (Å²) in [4.78, 5) is 25.2. The molecule has 1 unspecified atom stereocenters. The fourth-order valence-corrected chi connectivity index (χ4v) is 2.67. The molecule has 1 aliphatic heterocycles. The highest BCUT2D eigenvalue weighted by molar-refractivity contribution is 5.92. The summed E-state index contributed by atoms with van der Waals surface area (Å²) in [6.07, 6.45) is 1.91. The lowest BCUT2D eigenvalue weighted by Crippen LogP contribution is -2.49. The van der Waals surface area contributed by atoms with Crippen LogP contribution >= 0.6 is 0 Å². The van der Waals surface area contributed by atoms with Gasteiger partial charge in [0.15, 0.2) is 0 Å². The number of carbonyl (C=O) groups is 2. The quantitative estimate of drug-likeness (QED) is 0.872. The van der Waals surface area contributed by atoms with Gasteiger partial charge in [0.2, 0.25) is 11.8 Å². The molecule has 0 spiro atoms. The molecule has 1 aromatic carbocycles. The number of likely N-dealkylation sites (tertiary alicyclic amines) is 1. The van der Waals surface area contributed by atoms with Crippen molar-refractivity contribution >= 4 is 17.5 Å². The summed E-state index contributed by atoms with van der Waals surface area (Å²) in [7, 11) is 0. The minimum Gasteiger partial charge on any atom is -0.352 e. The van der Waals surface area contributed by atoms with E-state index in [0.29, 0.717) is 17.8 Å². The van der Waals surface area contributed by atoms with Crippen LogP contribution in [-0.2, 0) is 9.59 Å². The van der Waals surface area contributed by atoms with E-state index in [4.69, 9.17) is 5.26 Å². The third-order valence-electron chi connectivity index (χ3n) is 3.56. The van der Waals surface area contributed by atoms with Crippen LogP contribution in [0.5, 0.6) is 0 Å². The summed E-state index contributed by atoms with van der Waals surface area (Å²) >= 11 is 0. The van der Waals surface area contributed by atoms with Gasteiger partial charge < -0.3 is 10.6 Å². The number of nitrogens with one attached hydrogen (secondary N) is 2. The van der Waals surface area contributed by atoms with E-state index in [1.807, 2.05) is 11.0 Å². The molecule has 1 aromatic rings. The maximum atomic E-state index is 12.1. The Bertz CT molecular complexity index is 594. The van der Waals surface area contributed by atoms with Crippen molar-refractivity contribution in [1.29, 1.82) is 5.26 Å². The Morgan fingerprint density at radius 1 is 1.45 bits per heavy atom. The fraction of sp³-hybridized carbons (Fsp3) is 0.438. The van der Waals surface area contributed by atoms with Crippen molar-refractivity contribution in [3.05, 3.63) is 29.8 Å². The van der Waals surface area contributed by atoms with Crippen molar-refractivity contribution in [2.24, 2.45) is 0 Å². The largest absolute Gasteiger partial charge is 0.352 e. The minimum absolute atomic E-state index is 0.0374. The molecular formula is C16H20N4O2. The second-order valence-corrected chi connectivity index (χ2v) is 5.52. The van der Waals surface area contributed by atoms with Crippen molar-refractivity contribution in [2.75, 3.05) is 25.0 Å². The van der Waals surface area contributed by atoms with E-state index >= 15 is 0 Å². The Morgan fingerprint density at radius 3 is 3.00 bits per heavy atom. The lowest BCUT2D eigenvalue weighted by Gasteiger charge is -2.32. The van der Waals surface area contributed by atoms with Crippen molar-refractivity contribution in [1.82, 2.24) is 10.2 Å². The van der Waals surface area contributed by atoms with Gasteiger partial charge in [0, 0.05) is 25.2 Å². The highest BCUT2D eigenvalue weighted by atomic mass is 16.2. The summed E-state index contributed by atoms with van der Waals surface area (Å²) < 4.78 is 0. The van der Waals surface area contributed by atoms with E-state index in [2.05, 4.69) is 10.6 Å². The number of piperidine rings is 1. The van der Waals surface area contributed by atoms with E-state index < -0.39 is 0 Å². The van der Waals surface area contributed by atoms with Gasteiger partial charge in [-0.1, -0.05) is 6.07 Å². The molecule has 116 valence electrons. The molecule has 0 bridgehead atoms. The number of amides is 2. The van der Waals surface area contributed by atoms with Gasteiger partial charge in [-0.05, 0) is 37.6 Å². The molecule has 0 aliphatic carbocycles. The molecule has 1 saturated heterocycles. The Balaban J connectivity index is 1.86. The predicted octanol–water partition coefficient (Wildman–Crippen LogP) is 1.10. The van der Waals surface area contributed by atoms with Gasteiger partial charge in [-0.15, -0.1) is 0 Å². The van der Waals surface area contributed by atoms with Gasteiger partial charge in [-0.2, -0.15) is 5.26 Å². The van der Waals surface area contributed by atoms with Gasteiger partial charge >= 0.3 is 0 Å². The zero-order valence-corrected chi connectivity index (χ0v) is 12.6. The topological polar surface area (TPSA) is 85.2 Å². The van der Waals surface area contributed by atoms with Crippen molar-refractivity contribution < 1.29 is 9.59 Å². The SMILES string of the molecule is CC(=O)NC1CCCN(CC(=O)Nc2cccc(C#N)c2)C1. The predicted molar refractivity (Wildman–Crippen MR) is 83.1 cm³/mol. The zero-order valence-electron chi connectivity index (χ0n) is 12.6. The maximum Gasteiger partial charge on any atom is 0.238 e. The molecule has 1 aliphatic rings. The second kappa shape index (κ2) is 7.57. The molecule has 0 radical (unpaired) electrons. The van der Waals surface area contributed by atoms with Crippen LogP contribution in [0.4, 0.5) is 5.69 Å². The molecule has 2 N–H and O–H groups in total. The molecule has 2 amide bonds. The molecule has 6 heteroatoms. The van der Waals surface area contributed by atoms with Gasteiger partial charge in [-0.3, -0.25) is 14.5 Å². The maximum absolute atomic E-state index is 12.1. The molecule has 0 aromatic heterocycles. The molecule has 1 atom stereocenters. The van der Waals surface area contributed by atoms with E-state index in [9.17, 15) is 9.59 Å². The standard InChI is InChI=1S/C16H20N4O2/c1-12(21)18-15-6-3-7-20(10-15)11-16(22)19-14-5-2-4-13(8-14)9-17/h2,4-5,8,15H,3,6-7,10-11H2,1H3,(H,18,21)(H,19,22). The highest BCUT2D eigenvalue weighted by Gasteiger charge is 2.22. The van der Waals surface area contributed by atoms with E-state index in [1.165, 1.54) is 6.92 Å². The Kier molecular flexibility index (Phi) is 5.50. The van der Waals surface area contributed by atoms with Crippen molar-refractivity contribution in [3.8, 4) is 6.07 Å². The smallest absolute Gasteiger partial charge is 0.238 e. The first-order valence-electron chi connectivity index (χ1n) is 7.36. The van der Waals surface area contributed by atoms with Crippen LogP contribution < -0.4 is 10.6 Å². The van der Waals surface area contributed by atoms with Crippen LogP contribution in [0.1, 0.15) is 25.3 Å². The molecular weight excluding hydrogens is 280 g/mol. The van der Waals surface area contributed by atoms with Crippen LogP contribution in [0.3, 0.4) is 0 Å². The van der Waals surface area contributed by atoms with Crippen LogP contribution in [-0.4, -0.2) is 42.4 Å². The summed E-state index contributed by atoms with van der Waals surface area (Å²) in [5, 5.41) is 14.6. The Labute approximate surface area is 130 Å². The number of nitrogens with zero attached hydrogens (tertiary/aromatic N) is 2. The second-order valence-electron chi connectivity index (χ2n) is 5.52. The van der Waals surface area contributed by atoms with Gasteiger partial charge in [0.1, 0.15) is 0 Å². The number of benzene rings is 1. The summed E-state index contributed by atoms with van der Waals surface area (Å²) in [5.41, 5.74) is 1.14. The summed E-state index contributed by atoms with van der Waals surface area (Å²) in [6.45, 7) is 3.33. The molecule has 1 heterocycles. The summed E-state index contributed by atoms with van der Waals surface area (Å²) in [6, 6.07) is 8.99. The van der Waals surface area contributed by atoms with E-state index in [0.717, 1.165) is 19.4 Å². The number of hydrogen-bond acceptors (Lipinski definition) is 4. The third-order valence-corrected chi connectivity index (χ3v) is 3.56. The summed E-state index contributed by atoms with van der Waals surface area (Å²) in [5.74, 6) is -0.150. The monoisotopic (exact) mass is 300 g/mol. The van der Waals surface area contributed by atoms with E-state index in [1.54, 1.807) is 24.3 Å². The van der Waals surface area contributed by atoms with Crippen LogP contribution in [0.25, 0.3) is 0 Å². The number of hydrogen-bond donors (Lipinski definition) is 2. The lowest BCUT2D eigenvalue weighted by atomic mass is 10.1. The Hall–Kier alpha value is -2.39. The van der Waals surface area contributed by atoms with Gasteiger partial charge in [0.05, 0.1) is 18.2 Å². The third kappa shape index (κ3) is 4.86. The minimum atomic E-state index is -0.112. The molecule has 0 saturated carbocycles. The van der Waals surface area contributed by atoms with Crippen molar-refractivity contribution in [3.63, 3.8) is 0 Å². The number of carbonyl (C=O) groups excluding carboxylic acids is 2. The lowest BCUT2D eigenvalue weighted by molar-refractivity contribution is -0.120. The van der Waals surface area contributed by atoms with Crippen molar-refractivity contribution in [2.45, 2.75) is 25.8 Å². The normalized spacial score (nSPS) is 18.3. The molecule has 6 nitrogen and oxygen atoms in total. The first-order chi connectivity index (χ1) is 10.6. The first kappa shape index (κ1) is 16.0. The number of anilines is 1. The fourth-order valence-electron chi connectivity index (χ4n) is 2.67. The molecule has 1 fully saturated rings. The number of rotatable bonds is 4. The number of nitriles is 1. The Morgan fingerprint density at radius 2 is 2.27 bits per heavy atom. The van der Waals surface area contributed by atoms with Crippen LogP contribution in [0.15, 0.2) is 24.3 Å². The van der Waals surface area contributed by atoms with E-state index in [-0.39, 0.29) is 24.4 Å². The molecule has 2 rings (SSSR count). The average molecular weight is 300 g/mol.